The van der Waals surface area contributed by atoms with Gasteiger partial charge in [0, 0.05) is 5.92 Å². The van der Waals surface area contributed by atoms with E-state index >= 15 is 0 Å². The first-order valence-electron chi connectivity index (χ1n) is 6.42. The number of rotatable bonds is 3. The summed E-state index contributed by atoms with van der Waals surface area (Å²) in [7, 11) is 0. The van der Waals surface area contributed by atoms with Crippen molar-refractivity contribution in [3.8, 4) is 5.75 Å². The van der Waals surface area contributed by atoms with Crippen LogP contribution in [0.1, 0.15) is 32.1 Å². The molecule has 3 heteroatoms. The average Bonchev–Trinajstić information content (AvgIpc) is 2.57. The zero-order valence-corrected chi connectivity index (χ0v) is 11.7. The third-order valence-electron chi connectivity index (χ3n) is 3.51. The van der Waals surface area contributed by atoms with Crippen LogP contribution >= 0.6 is 15.9 Å². The van der Waals surface area contributed by atoms with Crippen LogP contribution in [-0.2, 0) is 0 Å². The minimum absolute atomic E-state index is 0.279. The van der Waals surface area contributed by atoms with Crippen LogP contribution in [0.2, 0.25) is 0 Å². The molecule has 1 saturated carbocycles. The van der Waals surface area contributed by atoms with Gasteiger partial charge in [0.25, 0.3) is 0 Å². The van der Waals surface area contributed by atoms with E-state index in [0.29, 0.717) is 5.92 Å². The van der Waals surface area contributed by atoms with E-state index in [1.165, 1.54) is 25.7 Å². The summed E-state index contributed by atoms with van der Waals surface area (Å²) in [6, 6.07) is 8.05. The highest BCUT2D eigenvalue weighted by Gasteiger charge is 2.24. The van der Waals surface area contributed by atoms with Gasteiger partial charge in [-0.1, -0.05) is 25.0 Å². The number of halogens is 1. The molecular formula is C14H20BrNO. The predicted molar refractivity (Wildman–Crippen MR) is 74.2 cm³/mol. The van der Waals surface area contributed by atoms with Gasteiger partial charge in [-0.3, -0.25) is 0 Å². The van der Waals surface area contributed by atoms with E-state index in [2.05, 4.69) is 15.9 Å². The highest BCUT2D eigenvalue weighted by atomic mass is 79.9. The fourth-order valence-corrected chi connectivity index (χ4v) is 2.86. The van der Waals surface area contributed by atoms with Crippen molar-refractivity contribution in [2.45, 2.75) is 38.2 Å². The van der Waals surface area contributed by atoms with Gasteiger partial charge in [0.2, 0.25) is 0 Å². The normalized spacial score (nSPS) is 25.3. The Morgan fingerprint density at radius 2 is 1.94 bits per heavy atom. The van der Waals surface area contributed by atoms with Crippen LogP contribution in [0.25, 0.3) is 0 Å². The van der Waals surface area contributed by atoms with Crippen molar-refractivity contribution in [3.05, 3.63) is 28.7 Å². The van der Waals surface area contributed by atoms with Gasteiger partial charge in [-0.05, 0) is 53.9 Å². The topological polar surface area (TPSA) is 35.2 Å². The standard InChI is InChI=1S/C14H20BrNO/c15-12-7-4-5-9-14(12)17-13-8-3-1-2-6-11(13)10-16/h4-5,7,9,11,13H,1-3,6,8,10,16H2. The number of hydrogen-bond acceptors (Lipinski definition) is 2. The van der Waals surface area contributed by atoms with Gasteiger partial charge < -0.3 is 10.5 Å². The van der Waals surface area contributed by atoms with Gasteiger partial charge in [0.15, 0.2) is 0 Å². The molecule has 2 unspecified atom stereocenters. The van der Waals surface area contributed by atoms with Gasteiger partial charge in [0.05, 0.1) is 4.47 Å². The van der Waals surface area contributed by atoms with E-state index in [4.69, 9.17) is 10.5 Å². The summed E-state index contributed by atoms with van der Waals surface area (Å²) in [4.78, 5) is 0. The lowest BCUT2D eigenvalue weighted by atomic mass is 9.97. The van der Waals surface area contributed by atoms with E-state index in [1.807, 2.05) is 24.3 Å². The van der Waals surface area contributed by atoms with Crippen molar-refractivity contribution in [1.82, 2.24) is 0 Å². The maximum absolute atomic E-state index is 6.14. The monoisotopic (exact) mass is 297 g/mol. The molecule has 1 fully saturated rings. The molecule has 2 rings (SSSR count). The molecule has 0 radical (unpaired) electrons. The molecule has 0 aromatic heterocycles. The first-order valence-corrected chi connectivity index (χ1v) is 7.22. The Hall–Kier alpha value is -0.540. The molecule has 0 amide bonds. The average molecular weight is 298 g/mol. The minimum Gasteiger partial charge on any atom is -0.489 e. The fourth-order valence-electron chi connectivity index (χ4n) is 2.48. The van der Waals surface area contributed by atoms with Crippen LogP contribution in [-0.4, -0.2) is 12.6 Å². The van der Waals surface area contributed by atoms with Gasteiger partial charge in [0.1, 0.15) is 11.9 Å². The molecule has 0 aliphatic heterocycles. The lowest BCUT2D eigenvalue weighted by Crippen LogP contribution is -2.31. The number of ether oxygens (including phenoxy) is 1. The second-order valence-electron chi connectivity index (χ2n) is 4.72. The number of para-hydroxylation sites is 1. The molecule has 1 aromatic rings. The summed E-state index contributed by atoms with van der Waals surface area (Å²) in [5.41, 5.74) is 5.86. The third-order valence-corrected chi connectivity index (χ3v) is 4.16. The molecule has 0 saturated heterocycles. The lowest BCUT2D eigenvalue weighted by Gasteiger charge is -2.25. The maximum atomic E-state index is 6.14. The second-order valence-corrected chi connectivity index (χ2v) is 5.57. The van der Waals surface area contributed by atoms with Crippen molar-refractivity contribution in [3.63, 3.8) is 0 Å². The molecule has 0 spiro atoms. The quantitative estimate of drug-likeness (QED) is 0.863. The van der Waals surface area contributed by atoms with Crippen LogP contribution in [0.15, 0.2) is 28.7 Å². The molecule has 1 aromatic carbocycles. The van der Waals surface area contributed by atoms with E-state index in [0.717, 1.165) is 23.2 Å². The van der Waals surface area contributed by atoms with Crippen molar-refractivity contribution in [2.75, 3.05) is 6.54 Å². The Morgan fingerprint density at radius 3 is 2.71 bits per heavy atom. The molecule has 2 atom stereocenters. The van der Waals surface area contributed by atoms with Crippen molar-refractivity contribution in [1.29, 1.82) is 0 Å². The molecule has 1 aliphatic carbocycles. The van der Waals surface area contributed by atoms with E-state index < -0.39 is 0 Å². The van der Waals surface area contributed by atoms with Gasteiger partial charge in [-0.25, -0.2) is 0 Å². The SMILES string of the molecule is NCC1CCCCCC1Oc1ccccc1Br. The van der Waals surface area contributed by atoms with Crippen LogP contribution < -0.4 is 10.5 Å². The van der Waals surface area contributed by atoms with Crippen molar-refractivity contribution < 1.29 is 4.74 Å². The summed E-state index contributed by atoms with van der Waals surface area (Å²) >= 11 is 3.53. The molecule has 0 heterocycles. The third kappa shape index (κ3) is 3.46. The highest BCUT2D eigenvalue weighted by molar-refractivity contribution is 9.10. The Balaban J connectivity index is 2.07. The van der Waals surface area contributed by atoms with E-state index in [1.54, 1.807) is 0 Å². The smallest absolute Gasteiger partial charge is 0.133 e. The predicted octanol–water partition coefficient (Wildman–Crippen LogP) is 3.74. The molecule has 2 N–H and O–H groups in total. The second kappa shape index (κ2) is 6.41. The number of hydrogen-bond donors (Lipinski definition) is 1. The highest BCUT2D eigenvalue weighted by Crippen LogP contribution is 2.30. The molecule has 0 bridgehead atoms. The van der Waals surface area contributed by atoms with Gasteiger partial charge in [-0.2, -0.15) is 0 Å². The van der Waals surface area contributed by atoms with Gasteiger partial charge >= 0.3 is 0 Å². The Kier molecular flexibility index (Phi) is 4.86. The summed E-state index contributed by atoms with van der Waals surface area (Å²) in [6.07, 6.45) is 6.46. The van der Waals surface area contributed by atoms with Crippen LogP contribution in [0.3, 0.4) is 0 Å². The van der Waals surface area contributed by atoms with Crippen molar-refractivity contribution >= 4 is 15.9 Å². The van der Waals surface area contributed by atoms with Crippen LogP contribution in [0, 0.1) is 5.92 Å². The molecule has 1 aliphatic rings. The van der Waals surface area contributed by atoms with Crippen molar-refractivity contribution in [2.24, 2.45) is 11.7 Å². The first kappa shape index (κ1) is 12.9. The maximum Gasteiger partial charge on any atom is 0.133 e. The Morgan fingerprint density at radius 1 is 1.18 bits per heavy atom. The molecule has 17 heavy (non-hydrogen) atoms. The number of benzene rings is 1. The zero-order chi connectivity index (χ0) is 12.1. The summed E-state index contributed by atoms with van der Waals surface area (Å²) < 4.78 is 7.17. The fraction of sp³-hybridized carbons (Fsp3) is 0.571. The first-order chi connectivity index (χ1) is 8.31. The Bertz CT molecular complexity index is 356. The van der Waals surface area contributed by atoms with Crippen LogP contribution in [0.5, 0.6) is 5.75 Å². The summed E-state index contributed by atoms with van der Waals surface area (Å²) in [5.74, 6) is 1.45. The zero-order valence-electron chi connectivity index (χ0n) is 10.1. The summed E-state index contributed by atoms with van der Waals surface area (Å²) in [5, 5.41) is 0. The Labute approximate surface area is 112 Å². The molecule has 94 valence electrons. The molecular weight excluding hydrogens is 278 g/mol. The number of nitrogens with two attached hydrogens (primary N) is 1. The molecule has 2 nitrogen and oxygen atoms in total. The van der Waals surface area contributed by atoms with Gasteiger partial charge in [-0.15, -0.1) is 0 Å². The van der Waals surface area contributed by atoms with E-state index in [9.17, 15) is 0 Å². The lowest BCUT2D eigenvalue weighted by molar-refractivity contribution is 0.129. The largest absolute Gasteiger partial charge is 0.489 e. The summed E-state index contributed by atoms with van der Waals surface area (Å²) in [6.45, 7) is 0.731. The minimum atomic E-state index is 0.279. The van der Waals surface area contributed by atoms with E-state index in [-0.39, 0.29) is 6.10 Å². The van der Waals surface area contributed by atoms with Crippen LogP contribution in [0.4, 0.5) is 0 Å².